The van der Waals surface area contributed by atoms with Gasteiger partial charge in [0.15, 0.2) is 0 Å². The summed E-state index contributed by atoms with van der Waals surface area (Å²) in [5, 5.41) is 4.17. The van der Waals surface area contributed by atoms with Crippen molar-refractivity contribution in [3.63, 3.8) is 0 Å². The maximum Gasteiger partial charge on any atom is 0.255 e. The van der Waals surface area contributed by atoms with Gasteiger partial charge in [-0.05, 0) is 23.1 Å². The van der Waals surface area contributed by atoms with Gasteiger partial charge in [0, 0.05) is 55.6 Å². The van der Waals surface area contributed by atoms with Crippen LogP contribution in [0.3, 0.4) is 0 Å². The number of nitrogens with zero attached hydrogens (tertiary/aromatic N) is 5. The molecular weight excluding hydrogens is 384 g/mol. The zero-order chi connectivity index (χ0) is 19.6. The summed E-state index contributed by atoms with van der Waals surface area (Å²) in [7, 11) is 0. The SMILES string of the molecule is O=c1[nH]c(-c2cncnc2)nc2c1CN(Cc1cccnc1-c1ccsc1)CC2. The summed E-state index contributed by atoms with van der Waals surface area (Å²) in [4.78, 5) is 35.2. The molecule has 0 aliphatic carbocycles. The van der Waals surface area contributed by atoms with Gasteiger partial charge < -0.3 is 4.98 Å². The summed E-state index contributed by atoms with van der Waals surface area (Å²) in [5.74, 6) is 0.523. The van der Waals surface area contributed by atoms with Crippen LogP contribution in [-0.2, 0) is 19.5 Å². The normalized spacial score (nSPS) is 13.9. The number of pyridine rings is 1. The Morgan fingerprint density at radius 3 is 2.90 bits per heavy atom. The fourth-order valence-electron chi connectivity index (χ4n) is 3.64. The highest BCUT2D eigenvalue weighted by molar-refractivity contribution is 7.08. The van der Waals surface area contributed by atoms with Crippen LogP contribution in [0.25, 0.3) is 22.6 Å². The molecule has 0 saturated heterocycles. The van der Waals surface area contributed by atoms with Crippen molar-refractivity contribution in [1.82, 2.24) is 29.8 Å². The molecule has 0 aromatic carbocycles. The van der Waals surface area contributed by atoms with Crippen LogP contribution in [0, 0.1) is 0 Å². The minimum Gasteiger partial charge on any atom is -0.306 e. The Labute approximate surface area is 171 Å². The molecule has 0 spiro atoms. The van der Waals surface area contributed by atoms with E-state index in [0.717, 1.165) is 47.6 Å². The molecule has 0 saturated carbocycles. The monoisotopic (exact) mass is 402 g/mol. The first-order valence-electron chi connectivity index (χ1n) is 9.34. The van der Waals surface area contributed by atoms with Crippen LogP contribution in [0.2, 0.25) is 0 Å². The van der Waals surface area contributed by atoms with Gasteiger partial charge in [-0.25, -0.2) is 15.0 Å². The van der Waals surface area contributed by atoms with Crippen LogP contribution in [0.5, 0.6) is 0 Å². The van der Waals surface area contributed by atoms with E-state index in [2.05, 4.69) is 52.7 Å². The lowest BCUT2D eigenvalue weighted by molar-refractivity contribution is 0.242. The lowest BCUT2D eigenvalue weighted by Gasteiger charge is -2.28. The minimum atomic E-state index is -0.0946. The van der Waals surface area contributed by atoms with Crippen LogP contribution in [0.15, 0.2) is 58.7 Å². The maximum atomic E-state index is 12.7. The zero-order valence-electron chi connectivity index (χ0n) is 15.6. The molecule has 5 heterocycles. The van der Waals surface area contributed by atoms with Gasteiger partial charge in [0.05, 0.1) is 22.5 Å². The lowest BCUT2D eigenvalue weighted by atomic mass is 10.0. The topological polar surface area (TPSA) is 87.7 Å². The molecule has 0 amide bonds. The molecule has 0 radical (unpaired) electrons. The van der Waals surface area contributed by atoms with Crippen LogP contribution in [0.4, 0.5) is 0 Å². The summed E-state index contributed by atoms with van der Waals surface area (Å²) >= 11 is 1.67. The van der Waals surface area contributed by atoms with E-state index in [4.69, 9.17) is 0 Å². The van der Waals surface area contributed by atoms with Crippen molar-refractivity contribution in [1.29, 1.82) is 0 Å². The van der Waals surface area contributed by atoms with Crippen molar-refractivity contribution >= 4 is 11.3 Å². The van der Waals surface area contributed by atoms with Crippen molar-refractivity contribution in [3.05, 3.63) is 81.1 Å². The molecule has 5 rings (SSSR count). The molecule has 4 aromatic heterocycles. The van der Waals surface area contributed by atoms with Gasteiger partial charge >= 0.3 is 0 Å². The van der Waals surface area contributed by atoms with E-state index in [9.17, 15) is 4.79 Å². The molecule has 1 aliphatic rings. The van der Waals surface area contributed by atoms with E-state index >= 15 is 0 Å². The lowest BCUT2D eigenvalue weighted by Crippen LogP contribution is -2.35. The number of hydrogen-bond donors (Lipinski definition) is 1. The molecule has 4 aromatic rings. The Morgan fingerprint density at radius 2 is 2.07 bits per heavy atom. The summed E-state index contributed by atoms with van der Waals surface area (Å²) in [6.07, 6.45) is 7.32. The summed E-state index contributed by atoms with van der Waals surface area (Å²) < 4.78 is 0. The van der Waals surface area contributed by atoms with Gasteiger partial charge in [0.2, 0.25) is 0 Å². The van der Waals surface area contributed by atoms with E-state index < -0.39 is 0 Å². The molecule has 0 atom stereocenters. The minimum absolute atomic E-state index is 0.0946. The smallest absolute Gasteiger partial charge is 0.255 e. The first kappa shape index (κ1) is 17.8. The largest absolute Gasteiger partial charge is 0.306 e. The average Bonchev–Trinajstić information content (AvgIpc) is 3.30. The Balaban J connectivity index is 1.41. The van der Waals surface area contributed by atoms with E-state index in [1.54, 1.807) is 23.7 Å². The average molecular weight is 402 g/mol. The van der Waals surface area contributed by atoms with E-state index in [-0.39, 0.29) is 5.56 Å². The number of thiophene rings is 1. The van der Waals surface area contributed by atoms with Crippen molar-refractivity contribution in [2.75, 3.05) is 6.54 Å². The molecule has 0 bridgehead atoms. The molecule has 0 fully saturated rings. The Bertz CT molecular complexity index is 1190. The Morgan fingerprint density at radius 1 is 1.17 bits per heavy atom. The third kappa shape index (κ3) is 3.59. The molecule has 144 valence electrons. The fourth-order valence-corrected chi connectivity index (χ4v) is 4.28. The van der Waals surface area contributed by atoms with Gasteiger partial charge in [-0.1, -0.05) is 6.07 Å². The van der Waals surface area contributed by atoms with E-state index in [1.165, 1.54) is 6.33 Å². The van der Waals surface area contributed by atoms with Gasteiger partial charge in [-0.2, -0.15) is 11.3 Å². The van der Waals surface area contributed by atoms with E-state index in [0.29, 0.717) is 17.9 Å². The second-order valence-corrected chi connectivity index (χ2v) is 7.73. The summed E-state index contributed by atoms with van der Waals surface area (Å²) in [5.41, 5.74) is 5.51. The van der Waals surface area contributed by atoms with Crippen molar-refractivity contribution < 1.29 is 0 Å². The molecule has 1 N–H and O–H groups in total. The molecule has 1 aliphatic heterocycles. The number of H-pyrrole nitrogens is 1. The number of nitrogens with one attached hydrogen (secondary N) is 1. The highest BCUT2D eigenvalue weighted by Gasteiger charge is 2.22. The predicted molar refractivity (Wildman–Crippen MR) is 111 cm³/mol. The number of fused-ring (bicyclic) bond motifs is 1. The highest BCUT2D eigenvalue weighted by atomic mass is 32.1. The van der Waals surface area contributed by atoms with Crippen molar-refractivity contribution in [2.45, 2.75) is 19.5 Å². The standard InChI is InChI=1S/C21H18N6OS/c28-21-17-11-27(10-14-2-1-5-24-19(14)15-4-7-29-12-15)6-3-18(17)25-20(26-21)16-8-22-13-23-9-16/h1-2,4-5,7-9,12-13H,3,6,10-11H2,(H,25,26,28). The number of rotatable bonds is 4. The van der Waals surface area contributed by atoms with Gasteiger partial charge in [-0.15, -0.1) is 0 Å². The summed E-state index contributed by atoms with van der Waals surface area (Å²) in [6, 6.07) is 6.16. The number of aromatic nitrogens is 5. The first-order chi connectivity index (χ1) is 14.3. The fraction of sp³-hybridized carbons (Fsp3) is 0.190. The summed E-state index contributed by atoms with van der Waals surface area (Å²) in [6.45, 7) is 2.15. The maximum absolute atomic E-state index is 12.7. The van der Waals surface area contributed by atoms with Crippen LogP contribution < -0.4 is 5.56 Å². The zero-order valence-corrected chi connectivity index (χ0v) is 16.4. The number of aromatic amines is 1. The Kier molecular flexibility index (Phi) is 4.71. The molecule has 8 heteroatoms. The third-order valence-corrected chi connectivity index (χ3v) is 5.74. The Hall–Kier alpha value is -3.23. The third-order valence-electron chi connectivity index (χ3n) is 5.06. The van der Waals surface area contributed by atoms with Crippen molar-refractivity contribution in [2.24, 2.45) is 0 Å². The molecule has 0 unspecified atom stereocenters. The second kappa shape index (κ2) is 7.65. The first-order valence-corrected chi connectivity index (χ1v) is 10.3. The van der Waals surface area contributed by atoms with E-state index in [1.807, 2.05) is 12.3 Å². The van der Waals surface area contributed by atoms with Gasteiger partial charge in [-0.3, -0.25) is 14.7 Å². The van der Waals surface area contributed by atoms with Gasteiger partial charge in [0.25, 0.3) is 5.56 Å². The van der Waals surface area contributed by atoms with Crippen molar-refractivity contribution in [3.8, 4) is 22.6 Å². The quantitative estimate of drug-likeness (QED) is 0.565. The van der Waals surface area contributed by atoms with Crippen LogP contribution in [0.1, 0.15) is 16.8 Å². The highest BCUT2D eigenvalue weighted by Crippen LogP contribution is 2.26. The predicted octanol–water partition coefficient (Wildman–Crippen LogP) is 2.91. The molecule has 7 nitrogen and oxygen atoms in total. The second-order valence-electron chi connectivity index (χ2n) is 6.95. The van der Waals surface area contributed by atoms with Gasteiger partial charge in [0.1, 0.15) is 12.2 Å². The molecular formula is C21H18N6OS. The van der Waals surface area contributed by atoms with Crippen LogP contribution in [-0.4, -0.2) is 36.4 Å². The molecule has 29 heavy (non-hydrogen) atoms. The number of hydrogen-bond acceptors (Lipinski definition) is 7. The van der Waals surface area contributed by atoms with Crippen LogP contribution >= 0.6 is 11.3 Å².